The summed E-state index contributed by atoms with van der Waals surface area (Å²) in [6, 6.07) is 7.71. The van der Waals surface area contributed by atoms with Crippen molar-refractivity contribution >= 4 is 0 Å². The largest absolute Gasteiger partial charge is 0.394 e. The summed E-state index contributed by atoms with van der Waals surface area (Å²) in [6.07, 6.45) is 3.88. The van der Waals surface area contributed by atoms with Gasteiger partial charge < -0.3 is 29.5 Å². The fourth-order valence-electron chi connectivity index (χ4n) is 3.71. The molecular weight excluding hydrogens is 372 g/mol. The Bertz CT molecular complexity index is 720. The van der Waals surface area contributed by atoms with Gasteiger partial charge in [0.2, 0.25) is 0 Å². The van der Waals surface area contributed by atoms with Crippen molar-refractivity contribution in [3.05, 3.63) is 47.5 Å². The Kier molecular flexibility index (Phi) is 8.25. The third-order valence-electron chi connectivity index (χ3n) is 5.37. The average molecular weight is 402 g/mol. The highest BCUT2D eigenvalue weighted by atomic mass is 16.7. The molecule has 0 aromatic heterocycles. The molecule has 1 aliphatic heterocycles. The van der Waals surface area contributed by atoms with Gasteiger partial charge in [0.15, 0.2) is 6.29 Å². The first-order valence-electron chi connectivity index (χ1n) is 10.1. The van der Waals surface area contributed by atoms with Crippen molar-refractivity contribution < 1.29 is 29.5 Å². The first-order chi connectivity index (χ1) is 14.1. The molecule has 29 heavy (non-hydrogen) atoms. The Labute approximate surface area is 172 Å². The molecule has 3 rings (SSSR count). The molecule has 1 aromatic rings. The Morgan fingerprint density at radius 2 is 2.10 bits per heavy atom. The van der Waals surface area contributed by atoms with Crippen molar-refractivity contribution in [1.82, 2.24) is 0 Å². The van der Waals surface area contributed by atoms with E-state index in [1.165, 1.54) is 26.4 Å². The van der Waals surface area contributed by atoms with E-state index < -0.39 is 37.3 Å². The Balaban J connectivity index is 1.59. The lowest BCUT2D eigenvalue weighted by Gasteiger charge is -2.41. The predicted octanol–water partition coefficient (Wildman–Crippen LogP) is 1.76. The quantitative estimate of drug-likeness (QED) is 0.496. The molecular formula is C23H30O6. The molecule has 1 aliphatic carbocycles. The SMILES string of the molecule is CO[C@@H]1O[C@H](CO)[C@H](O)[C@H](OCc2cccc(C#CCC3C=CCCC3)c2)[C@H]1O. The van der Waals surface area contributed by atoms with Crippen LogP contribution in [0.2, 0.25) is 0 Å². The summed E-state index contributed by atoms with van der Waals surface area (Å²) in [5.74, 6) is 7.02. The van der Waals surface area contributed by atoms with Crippen LogP contribution in [0.4, 0.5) is 0 Å². The van der Waals surface area contributed by atoms with Crippen LogP contribution in [0.25, 0.3) is 0 Å². The van der Waals surface area contributed by atoms with Crippen molar-refractivity contribution in [2.75, 3.05) is 13.7 Å². The number of hydrogen-bond donors (Lipinski definition) is 3. The zero-order valence-corrected chi connectivity index (χ0v) is 16.7. The Morgan fingerprint density at radius 3 is 2.83 bits per heavy atom. The minimum atomic E-state index is -1.16. The standard InChI is InChI=1S/C23H30O6/c1-27-23-21(26)22(20(25)19(14-24)29-23)28-15-18-12-6-11-17(13-18)10-5-9-16-7-3-2-4-8-16/h3,6-7,11-13,16,19-26H,2,4,8-9,14-15H2,1H3/t16?,19-,20+,21-,22+,23-/m1/s1. The molecule has 1 heterocycles. The zero-order valence-electron chi connectivity index (χ0n) is 16.7. The van der Waals surface area contributed by atoms with Crippen molar-refractivity contribution in [2.24, 2.45) is 5.92 Å². The number of methoxy groups -OCH3 is 1. The van der Waals surface area contributed by atoms with Crippen molar-refractivity contribution in [2.45, 2.75) is 63.0 Å². The molecule has 6 heteroatoms. The van der Waals surface area contributed by atoms with Crippen molar-refractivity contribution in [3.8, 4) is 11.8 Å². The highest BCUT2D eigenvalue weighted by Crippen LogP contribution is 2.25. The summed E-state index contributed by atoms with van der Waals surface area (Å²) in [5, 5.41) is 30.1. The van der Waals surface area contributed by atoms with Crippen LogP contribution in [0.5, 0.6) is 0 Å². The smallest absolute Gasteiger partial charge is 0.186 e. The lowest BCUT2D eigenvalue weighted by Crippen LogP contribution is -2.59. The number of benzene rings is 1. The molecule has 0 radical (unpaired) electrons. The molecule has 2 aliphatic rings. The van der Waals surface area contributed by atoms with Crippen LogP contribution >= 0.6 is 0 Å². The van der Waals surface area contributed by atoms with E-state index in [-0.39, 0.29) is 6.61 Å². The van der Waals surface area contributed by atoms with Gasteiger partial charge in [0.05, 0.1) is 13.2 Å². The number of allylic oxidation sites excluding steroid dienone is 2. The minimum absolute atomic E-state index is 0.189. The molecule has 3 N–H and O–H groups in total. The fraction of sp³-hybridized carbons (Fsp3) is 0.565. The molecule has 6 atom stereocenters. The minimum Gasteiger partial charge on any atom is -0.394 e. The summed E-state index contributed by atoms with van der Waals surface area (Å²) in [7, 11) is 1.39. The van der Waals surface area contributed by atoms with Gasteiger partial charge in [-0.3, -0.25) is 0 Å². The van der Waals surface area contributed by atoms with Crippen molar-refractivity contribution in [3.63, 3.8) is 0 Å². The van der Waals surface area contributed by atoms with E-state index in [2.05, 4.69) is 24.0 Å². The molecule has 0 saturated carbocycles. The number of aliphatic hydroxyl groups excluding tert-OH is 3. The number of rotatable bonds is 6. The fourth-order valence-corrected chi connectivity index (χ4v) is 3.71. The van der Waals surface area contributed by atoms with Gasteiger partial charge in [-0.1, -0.05) is 36.1 Å². The molecule has 6 nitrogen and oxygen atoms in total. The summed E-state index contributed by atoms with van der Waals surface area (Å²) in [4.78, 5) is 0. The Morgan fingerprint density at radius 1 is 1.24 bits per heavy atom. The number of hydrogen-bond acceptors (Lipinski definition) is 6. The maximum absolute atomic E-state index is 10.3. The summed E-state index contributed by atoms with van der Waals surface area (Å²) in [6.45, 7) is -0.205. The normalized spacial score (nSPS) is 31.9. The third kappa shape index (κ3) is 5.89. The van der Waals surface area contributed by atoms with E-state index in [9.17, 15) is 15.3 Å². The van der Waals surface area contributed by atoms with E-state index in [4.69, 9.17) is 14.2 Å². The molecule has 158 valence electrons. The molecule has 1 fully saturated rings. The average Bonchev–Trinajstić information content (AvgIpc) is 2.75. The topological polar surface area (TPSA) is 88.4 Å². The summed E-state index contributed by atoms with van der Waals surface area (Å²) < 4.78 is 16.2. The second-order valence-corrected chi connectivity index (χ2v) is 7.54. The third-order valence-corrected chi connectivity index (χ3v) is 5.37. The Hall–Kier alpha value is -1.72. The highest BCUT2D eigenvalue weighted by molar-refractivity contribution is 5.37. The van der Waals surface area contributed by atoms with Crippen LogP contribution in [0.15, 0.2) is 36.4 Å². The lowest BCUT2D eigenvalue weighted by atomic mass is 9.93. The lowest BCUT2D eigenvalue weighted by molar-refractivity contribution is -0.303. The van der Waals surface area contributed by atoms with E-state index in [1.54, 1.807) is 0 Å². The van der Waals surface area contributed by atoms with Gasteiger partial charge in [0, 0.05) is 19.1 Å². The van der Waals surface area contributed by atoms with Crippen LogP contribution in [0.3, 0.4) is 0 Å². The second kappa shape index (κ2) is 10.9. The van der Waals surface area contributed by atoms with Gasteiger partial charge in [0.1, 0.15) is 24.4 Å². The molecule has 0 amide bonds. The molecule has 1 saturated heterocycles. The van der Waals surface area contributed by atoms with Crippen molar-refractivity contribution in [1.29, 1.82) is 0 Å². The van der Waals surface area contributed by atoms with Gasteiger partial charge >= 0.3 is 0 Å². The zero-order chi connectivity index (χ0) is 20.6. The van der Waals surface area contributed by atoms with Crippen LogP contribution < -0.4 is 0 Å². The second-order valence-electron chi connectivity index (χ2n) is 7.54. The van der Waals surface area contributed by atoms with Gasteiger partial charge in [-0.15, -0.1) is 0 Å². The van der Waals surface area contributed by atoms with Crippen LogP contribution in [-0.4, -0.2) is 59.7 Å². The molecule has 1 aromatic carbocycles. The molecule has 0 bridgehead atoms. The van der Waals surface area contributed by atoms with Crippen LogP contribution in [0.1, 0.15) is 36.8 Å². The molecule has 0 spiro atoms. The molecule has 1 unspecified atom stereocenters. The maximum Gasteiger partial charge on any atom is 0.186 e. The predicted molar refractivity (Wildman–Crippen MR) is 108 cm³/mol. The van der Waals surface area contributed by atoms with E-state index in [0.717, 1.165) is 17.5 Å². The highest BCUT2D eigenvalue weighted by Gasteiger charge is 2.45. The van der Waals surface area contributed by atoms with Gasteiger partial charge in [-0.05, 0) is 42.9 Å². The van der Waals surface area contributed by atoms with E-state index in [0.29, 0.717) is 5.92 Å². The van der Waals surface area contributed by atoms with E-state index >= 15 is 0 Å². The first kappa shape index (κ1) is 22.0. The first-order valence-corrected chi connectivity index (χ1v) is 10.1. The summed E-state index contributed by atoms with van der Waals surface area (Å²) >= 11 is 0. The maximum atomic E-state index is 10.3. The summed E-state index contributed by atoms with van der Waals surface area (Å²) in [5.41, 5.74) is 1.79. The number of aliphatic hydroxyl groups is 3. The van der Waals surface area contributed by atoms with Gasteiger partial charge in [-0.25, -0.2) is 0 Å². The number of ether oxygens (including phenoxy) is 3. The van der Waals surface area contributed by atoms with Gasteiger partial charge in [0.25, 0.3) is 0 Å². The van der Waals surface area contributed by atoms with Gasteiger partial charge in [-0.2, -0.15) is 0 Å². The monoisotopic (exact) mass is 402 g/mol. The van der Waals surface area contributed by atoms with Crippen LogP contribution in [-0.2, 0) is 20.8 Å². The van der Waals surface area contributed by atoms with E-state index in [1.807, 2.05) is 24.3 Å². The van der Waals surface area contributed by atoms with Crippen LogP contribution in [0, 0.1) is 17.8 Å².